The van der Waals surface area contributed by atoms with Gasteiger partial charge >= 0.3 is 0 Å². The Hall–Kier alpha value is -2.74. The maximum Gasteiger partial charge on any atom is 0.196 e. The number of ketones is 1. The minimum absolute atomic E-state index is 0.120. The topological polar surface area (TPSA) is 17.1 Å². The first-order valence-corrected chi connectivity index (χ1v) is 6.71. The Balaban J connectivity index is 2.17. The van der Waals surface area contributed by atoms with Gasteiger partial charge in [0.2, 0.25) is 0 Å². The van der Waals surface area contributed by atoms with Gasteiger partial charge in [-0.2, -0.15) is 0 Å². The number of rotatable bonds is 3. The van der Waals surface area contributed by atoms with Crippen LogP contribution in [0.2, 0.25) is 0 Å². The van der Waals surface area contributed by atoms with Gasteiger partial charge in [0, 0.05) is 5.56 Å². The maximum atomic E-state index is 14.3. The van der Waals surface area contributed by atoms with Gasteiger partial charge in [-0.3, -0.25) is 4.79 Å². The average molecular weight is 276 g/mol. The van der Waals surface area contributed by atoms with Gasteiger partial charge in [0.05, 0.1) is 5.56 Å². The van der Waals surface area contributed by atoms with Crippen molar-refractivity contribution in [3.8, 4) is 11.1 Å². The summed E-state index contributed by atoms with van der Waals surface area (Å²) in [6.45, 7) is 0. The van der Waals surface area contributed by atoms with E-state index >= 15 is 0 Å². The van der Waals surface area contributed by atoms with E-state index in [-0.39, 0.29) is 11.3 Å². The molecule has 0 fully saturated rings. The van der Waals surface area contributed by atoms with Crippen LogP contribution in [0, 0.1) is 5.82 Å². The predicted octanol–water partition coefficient (Wildman–Crippen LogP) is 4.72. The van der Waals surface area contributed by atoms with Crippen LogP contribution in [-0.4, -0.2) is 5.78 Å². The zero-order valence-corrected chi connectivity index (χ0v) is 11.3. The number of halogens is 1. The van der Waals surface area contributed by atoms with Crippen molar-refractivity contribution < 1.29 is 9.18 Å². The largest absolute Gasteiger partial charge is 0.288 e. The predicted molar refractivity (Wildman–Crippen MR) is 81.7 cm³/mol. The van der Waals surface area contributed by atoms with Crippen LogP contribution in [-0.2, 0) is 0 Å². The molecule has 1 nitrogen and oxygen atoms in total. The van der Waals surface area contributed by atoms with Gasteiger partial charge in [-0.15, -0.1) is 0 Å². The summed E-state index contributed by atoms with van der Waals surface area (Å²) in [7, 11) is 0. The van der Waals surface area contributed by atoms with Crippen LogP contribution in [0.15, 0.2) is 78.9 Å². The molecule has 0 bridgehead atoms. The molecule has 0 aliphatic carbocycles. The number of hydrogen-bond donors (Lipinski definition) is 0. The van der Waals surface area contributed by atoms with E-state index in [1.165, 1.54) is 6.07 Å². The summed E-state index contributed by atoms with van der Waals surface area (Å²) in [6.07, 6.45) is 0. The number of hydrogen-bond acceptors (Lipinski definition) is 1. The maximum absolute atomic E-state index is 14.3. The zero-order valence-electron chi connectivity index (χ0n) is 11.3. The monoisotopic (exact) mass is 276 g/mol. The normalized spacial score (nSPS) is 10.3. The molecule has 0 aliphatic heterocycles. The SMILES string of the molecule is O=C(c1ccccc1)c1c(F)cccc1-c1ccccc1. The molecule has 0 heterocycles. The molecule has 0 saturated carbocycles. The molecule has 0 radical (unpaired) electrons. The lowest BCUT2D eigenvalue weighted by atomic mass is 9.93. The van der Waals surface area contributed by atoms with Crippen molar-refractivity contribution in [3.63, 3.8) is 0 Å². The summed E-state index contributed by atoms with van der Waals surface area (Å²) in [6, 6.07) is 22.9. The molecule has 0 amide bonds. The van der Waals surface area contributed by atoms with Crippen molar-refractivity contribution in [1.82, 2.24) is 0 Å². The molecule has 3 rings (SSSR count). The third-order valence-corrected chi connectivity index (χ3v) is 3.36. The van der Waals surface area contributed by atoms with E-state index in [0.29, 0.717) is 11.1 Å². The Labute approximate surface area is 122 Å². The first-order chi connectivity index (χ1) is 10.3. The molecule has 0 spiro atoms. The van der Waals surface area contributed by atoms with Crippen molar-refractivity contribution in [1.29, 1.82) is 0 Å². The summed E-state index contributed by atoms with van der Waals surface area (Å²) in [4.78, 5) is 12.6. The van der Waals surface area contributed by atoms with E-state index in [9.17, 15) is 9.18 Å². The fourth-order valence-corrected chi connectivity index (χ4v) is 2.35. The van der Waals surface area contributed by atoms with E-state index in [0.717, 1.165) is 5.56 Å². The van der Waals surface area contributed by atoms with Gasteiger partial charge in [-0.1, -0.05) is 72.8 Å². The van der Waals surface area contributed by atoms with E-state index < -0.39 is 5.82 Å². The van der Waals surface area contributed by atoms with Crippen LogP contribution in [0.3, 0.4) is 0 Å². The third kappa shape index (κ3) is 2.61. The van der Waals surface area contributed by atoms with Crippen LogP contribution >= 0.6 is 0 Å². The molecule has 0 atom stereocenters. The number of carbonyl (C=O) groups is 1. The minimum Gasteiger partial charge on any atom is -0.288 e. The summed E-state index contributed by atoms with van der Waals surface area (Å²) in [5, 5.41) is 0. The smallest absolute Gasteiger partial charge is 0.196 e. The molecule has 0 aromatic heterocycles. The lowest BCUT2D eigenvalue weighted by Crippen LogP contribution is -2.06. The van der Waals surface area contributed by atoms with Crippen molar-refractivity contribution >= 4 is 5.78 Å². The van der Waals surface area contributed by atoms with E-state index in [2.05, 4.69) is 0 Å². The van der Waals surface area contributed by atoms with Crippen LogP contribution in [0.25, 0.3) is 11.1 Å². The van der Waals surface area contributed by atoms with Gasteiger partial charge in [0.25, 0.3) is 0 Å². The van der Waals surface area contributed by atoms with Crippen molar-refractivity contribution in [2.24, 2.45) is 0 Å². The molecule has 0 unspecified atom stereocenters. The van der Waals surface area contributed by atoms with Crippen LogP contribution in [0.1, 0.15) is 15.9 Å². The fraction of sp³-hybridized carbons (Fsp3) is 0. The standard InChI is InChI=1S/C19H13FO/c20-17-13-7-12-16(14-8-3-1-4-9-14)18(17)19(21)15-10-5-2-6-11-15/h1-13H. The first-order valence-electron chi connectivity index (χ1n) is 6.71. The van der Waals surface area contributed by atoms with Gasteiger partial charge in [0.1, 0.15) is 5.82 Å². The average Bonchev–Trinajstić information content (AvgIpc) is 2.55. The highest BCUT2D eigenvalue weighted by Crippen LogP contribution is 2.27. The van der Waals surface area contributed by atoms with Crippen LogP contribution < -0.4 is 0 Å². The molecule has 21 heavy (non-hydrogen) atoms. The van der Waals surface area contributed by atoms with Crippen molar-refractivity contribution in [3.05, 3.63) is 95.8 Å². The summed E-state index contributed by atoms with van der Waals surface area (Å²) in [5.74, 6) is -0.794. The lowest BCUT2D eigenvalue weighted by Gasteiger charge is -2.10. The molecule has 0 saturated heterocycles. The van der Waals surface area contributed by atoms with Crippen molar-refractivity contribution in [2.75, 3.05) is 0 Å². The highest BCUT2D eigenvalue weighted by Gasteiger charge is 2.18. The quantitative estimate of drug-likeness (QED) is 0.632. The Bertz CT molecular complexity index is 764. The van der Waals surface area contributed by atoms with Crippen molar-refractivity contribution in [2.45, 2.75) is 0 Å². The van der Waals surface area contributed by atoms with Crippen LogP contribution in [0.4, 0.5) is 4.39 Å². The van der Waals surface area contributed by atoms with Gasteiger partial charge in [-0.05, 0) is 17.2 Å². The fourth-order valence-electron chi connectivity index (χ4n) is 2.35. The summed E-state index contributed by atoms with van der Waals surface area (Å²) < 4.78 is 14.3. The highest BCUT2D eigenvalue weighted by atomic mass is 19.1. The Morgan fingerprint density at radius 2 is 1.33 bits per heavy atom. The molecular formula is C19H13FO. The molecular weight excluding hydrogens is 263 g/mol. The molecule has 2 heteroatoms. The van der Waals surface area contributed by atoms with Crippen LogP contribution in [0.5, 0.6) is 0 Å². The summed E-state index contributed by atoms with van der Waals surface area (Å²) >= 11 is 0. The number of benzene rings is 3. The second kappa shape index (κ2) is 5.71. The second-order valence-corrected chi connectivity index (χ2v) is 4.72. The Kier molecular flexibility index (Phi) is 3.61. The molecule has 0 N–H and O–H groups in total. The van der Waals surface area contributed by atoms with Gasteiger partial charge < -0.3 is 0 Å². The number of carbonyl (C=O) groups excluding carboxylic acids is 1. The van der Waals surface area contributed by atoms with Gasteiger partial charge in [-0.25, -0.2) is 4.39 Å². The van der Waals surface area contributed by atoms with E-state index in [1.807, 2.05) is 36.4 Å². The first kappa shape index (κ1) is 13.3. The molecule has 102 valence electrons. The zero-order chi connectivity index (χ0) is 14.7. The molecule has 3 aromatic carbocycles. The summed E-state index contributed by atoms with van der Waals surface area (Å²) in [5.41, 5.74) is 2.05. The Morgan fingerprint density at radius 3 is 2.00 bits per heavy atom. The third-order valence-electron chi connectivity index (χ3n) is 3.36. The Morgan fingerprint density at radius 1 is 0.714 bits per heavy atom. The lowest BCUT2D eigenvalue weighted by molar-refractivity contribution is 0.103. The van der Waals surface area contributed by atoms with E-state index in [1.54, 1.807) is 36.4 Å². The van der Waals surface area contributed by atoms with Gasteiger partial charge in [0.15, 0.2) is 5.78 Å². The highest BCUT2D eigenvalue weighted by molar-refractivity contribution is 6.13. The van der Waals surface area contributed by atoms with E-state index in [4.69, 9.17) is 0 Å². The molecule has 0 aliphatic rings. The molecule has 3 aromatic rings. The minimum atomic E-state index is -0.495. The second-order valence-electron chi connectivity index (χ2n) is 4.72.